The summed E-state index contributed by atoms with van der Waals surface area (Å²) in [4.78, 5) is 0. The van der Waals surface area contributed by atoms with E-state index < -0.39 is 0 Å². The maximum absolute atomic E-state index is 1.65. The normalized spacial score (nSPS) is 63.5. The highest BCUT2D eigenvalue weighted by atomic mass is 31.1. The van der Waals surface area contributed by atoms with E-state index in [0.29, 0.717) is 0 Å². The van der Waals surface area contributed by atoms with Crippen LogP contribution in [0.2, 0.25) is 0 Å². The average Bonchev–Trinajstić information content (AvgIpc) is 2.73. The number of hydrogen-bond acceptors (Lipinski definition) is 0. The Labute approximate surface area is 76.3 Å². The molecule has 0 amide bonds. The Balaban J connectivity index is 1.40. The van der Waals surface area contributed by atoms with E-state index in [9.17, 15) is 0 Å². The van der Waals surface area contributed by atoms with Gasteiger partial charge in [0, 0.05) is 0 Å². The van der Waals surface area contributed by atoms with Gasteiger partial charge >= 0.3 is 0 Å². The summed E-state index contributed by atoms with van der Waals surface area (Å²) < 4.78 is 0. The highest BCUT2D eigenvalue weighted by Gasteiger charge is 2.62. The second-order valence-corrected chi connectivity index (χ2v) is 7.19. The molecule has 1 heteroatoms. The van der Waals surface area contributed by atoms with Crippen molar-refractivity contribution in [2.24, 2.45) is 23.7 Å². The monoisotopic (exact) mass is 180 g/mol. The maximum atomic E-state index is 1.65. The summed E-state index contributed by atoms with van der Waals surface area (Å²) >= 11 is 0. The summed E-state index contributed by atoms with van der Waals surface area (Å²) in [5, 5.41) is 0. The smallest absolute Gasteiger partial charge is 0.0137 e. The second kappa shape index (κ2) is 2.08. The Bertz CT molecular complexity index is 221. The fraction of sp³-hybridized carbons (Fsp3) is 1.00. The Kier molecular flexibility index (Phi) is 1.18. The van der Waals surface area contributed by atoms with Crippen molar-refractivity contribution in [3.05, 3.63) is 0 Å². The SMILES string of the molecule is C1CC(C2CC2C2CC3PC32)C1. The highest BCUT2D eigenvalue weighted by Crippen LogP contribution is 2.72. The minimum absolute atomic E-state index is 1.20. The molecule has 0 nitrogen and oxygen atoms in total. The molecule has 0 radical (unpaired) electrons. The molecule has 4 rings (SSSR count). The molecule has 3 saturated carbocycles. The summed E-state index contributed by atoms with van der Waals surface area (Å²) in [5.41, 5.74) is 2.54. The lowest BCUT2D eigenvalue weighted by Gasteiger charge is -2.29. The van der Waals surface area contributed by atoms with Crippen LogP contribution in [0.15, 0.2) is 0 Å². The van der Waals surface area contributed by atoms with Crippen molar-refractivity contribution in [2.75, 3.05) is 0 Å². The molecule has 1 aliphatic heterocycles. The minimum atomic E-state index is 1.20. The third-order valence-corrected chi connectivity index (χ3v) is 6.77. The molecule has 1 heterocycles. The van der Waals surface area contributed by atoms with Gasteiger partial charge in [0.15, 0.2) is 0 Å². The van der Waals surface area contributed by atoms with Crippen molar-refractivity contribution in [1.82, 2.24) is 0 Å². The van der Waals surface area contributed by atoms with Crippen LogP contribution in [-0.4, -0.2) is 11.3 Å². The van der Waals surface area contributed by atoms with E-state index in [1.165, 1.54) is 43.6 Å². The van der Waals surface area contributed by atoms with Crippen LogP contribution in [0.4, 0.5) is 0 Å². The molecule has 0 bridgehead atoms. The Hall–Kier alpha value is 0.430. The fourth-order valence-corrected chi connectivity index (χ4v) is 5.46. The van der Waals surface area contributed by atoms with Crippen molar-refractivity contribution in [3.8, 4) is 0 Å². The van der Waals surface area contributed by atoms with Gasteiger partial charge in [-0.3, -0.25) is 0 Å². The van der Waals surface area contributed by atoms with E-state index in [4.69, 9.17) is 0 Å². The van der Waals surface area contributed by atoms with Gasteiger partial charge in [0.1, 0.15) is 0 Å². The van der Waals surface area contributed by atoms with Crippen LogP contribution in [0, 0.1) is 23.7 Å². The van der Waals surface area contributed by atoms with Gasteiger partial charge in [-0.1, -0.05) is 19.3 Å². The van der Waals surface area contributed by atoms with E-state index in [1.54, 1.807) is 32.1 Å². The molecule has 12 heavy (non-hydrogen) atoms. The predicted octanol–water partition coefficient (Wildman–Crippen LogP) is 2.87. The average molecular weight is 180 g/mol. The third-order valence-electron chi connectivity index (χ3n) is 4.91. The summed E-state index contributed by atoms with van der Waals surface area (Å²) in [6, 6.07) is 0. The lowest BCUT2D eigenvalue weighted by molar-refractivity contribution is 0.233. The van der Waals surface area contributed by atoms with Crippen molar-refractivity contribution < 1.29 is 0 Å². The van der Waals surface area contributed by atoms with Crippen molar-refractivity contribution in [2.45, 2.75) is 43.4 Å². The Morgan fingerprint density at radius 1 is 0.917 bits per heavy atom. The van der Waals surface area contributed by atoms with Gasteiger partial charge in [0.2, 0.25) is 0 Å². The third kappa shape index (κ3) is 0.782. The van der Waals surface area contributed by atoms with Gasteiger partial charge in [-0.25, -0.2) is 0 Å². The fourth-order valence-electron chi connectivity index (χ4n) is 3.65. The zero-order chi connectivity index (χ0) is 7.71. The summed E-state index contributed by atoms with van der Waals surface area (Å²) in [6.45, 7) is 0. The largest absolute Gasteiger partial charge is 0.114 e. The van der Waals surface area contributed by atoms with Crippen LogP contribution in [0.1, 0.15) is 32.1 Å². The van der Waals surface area contributed by atoms with Crippen molar-refractivity contribution in [3.63, 3.8) is 0 Å². The molecule has 66 valence electrons. The minimum Gasteiger partial charge on any atom is -0.114 e. The van der Waals surface area contributed by atoms with E-state index in [1.807, 2.05) is 0 Å². The molecule has 4 fully saturated rings. The first-order chi connectivity index (χ1) is 5.93. The van der Waals surface area contributed by atoms with E-state index in [-0.39, 0.29) is 0 Å². The van der Waals surface area contributed by atoms with Gasteiger partial charge in [-0.05, 0) is 47.8 Å². The first-order valence-electron chi connectivity index (χ1n) is 5.69. The molecule has 1 saturated heterocycles. The first-order valence-corrected chi connectivity index (χ1v) is 6.85. The second-order valence-electron chi connectivity index (χ2n) is 5.45. The van der Waals surface area contributed by atoms with Gasteiger partial charge in [0.05, 0.1) is 0 Å². The predicted molar refractivity (Wildman–Crippen MR) is 52.9 cm³/mol. The van der Waals surface area contributed by atoms with Gasteiger partial charge < -0.3 is 0 Å². The highest BCUT2D eigenvalue weighted by molar-refractivity contribution is 7.49. The molecule has 0 spiro atoms. The van der Waals surface area contributed by atoms with Gasteiger partial charge in [-0.2, -0.15) is 0 Å². The molecular weight excluding hydrogens is 163 g/mol. The summed E-state index contributed by atoms with van der Waals surface area (Å²) in [5.74, 6) is 4.93. The standard InChI is InChI=1S/C11H17P/c1-2-6(3-1)7-4-8(7)9-5-10-11(9)12-10/h6-12H,1-5H2. The van der Waals surface area contributed by atoms with Gasteiger partial charge in [-0.15, -0.1) is 8.58 Å². The maximum Gasteiger partial charge on any atom is -0.0137 e. The summed E-state index contributed by atoms with van der Waals surface area (Å²) in [6.07, 6.45) is 8.01. The van der Waals surface area contributed by atoms with Crippen molar-refractivity contribution in [1.29, 1.82) is 0 Å². The molecule has 0 N–H and O–H groups in total. The summed E-state index contributed by atoms with van der Waals surface area (Å²) in [7, 11) is 1.41. The van der Waals surface area contributed by atoms with Crippen LogP contribution < -0.4 is 0 Å². The zero-order valence-corrected chi connectivity index (χ0v) is 8.50. The van der Waals surface area contributed by atoms with Crippen LogP contribution in [0.5, 0.6) is 0 Å². The molecule has 0 aromatic carbocycles. The van der Waals surface area contributed by atoms with Crippen LogP contribution in [0.25, 0.3) is 0 Å². The quantitative estimate of drug-likeness (QED) is 0.573. The van der Waals surface area contributed by atoms with E-state index >= 15 is 0 Å². The Morgan fingerprint density at radius 2 is 1.83 bits per heavy atom. The zero-order valence-electron chi connectivity index (χ0n) is 7.50. The molecule has 3 aliphatic carbocycles. The molecule has 0 aromatic rings. The number of hydrogen-bond donors (Lipinski definition) is 0. The number of fused-ring (bicyclic) bond motifs is 1. The van der Waals surface area contributed by atoms with E-state index in [0.717, 1.165) is 0 Å². The lowest BCUT2D eigenvalue weighted by Crippen LogP contribution is -2.27. The first kappa shape index (κ1) is 6.82. The molecule has 0 aromatic heterocycles. The topological polar surface area (TPSA) is 0 Å². The van der Waals surface area contributed by atoms with E-state index in [2.05, 4.69) is 0 Å². The molecule has 6 atom stereocenters. The van der Waals surface area contributed by atoms with Crippen LogP contribution >= 0.6 is 8.58 Å². The Morgan fingerprint density at radius 3 is 2.33 bits per heavy atom. The van der Waals surface area contributed by atoms with Crippen LogP contribution in [0.3, 0.4) is 0 Å². The van der Waals surface area contributed by atoms with Crippen molar-refractivity contribution >= 4 is 8.58 Å². The lowest BCUT2D eigenvalue weighted by atomic mass is 9.76. The molecule has 4 aliphatic rings. The van der Waals surface area contributed by atoms with Crippen LogP contribution in [-0.2, 0) is 0 Å². The van der Waals surface area contributed by atoms with Gasteiger partial charge in [0.25, 0.3) is 0 Å². The molecular formula is C11H17P. The molecule has 6 unspecified atom stereocenters. The number of rotatable bonds is 2.